The molecule has 210 valence electrons. The van der Waals surface area contributed by atoms with E-state index >= 15 is 0 Å². The molecule has 2 atom stereocenters. The van der Waals surface area contributed by atoms with Gasteiger partial charge in [0, 0.05) is 37.7 Å². The predicted molar refractivity (Wildman–Crippen MR) is 158 cm³/mol. The van der Waals surface area contributed by atoms with Crippen LogP contribution in [0.4, 0.5) is 11.4 Å². The highest BCUT2D eigenvalue weighted by atomic mass is 35.5. The number of nitrogens with one attached hydrogen (secondary N) is 1. The van der Waals surface area contributed by atoms with Crippen molar-refractivity contribution in [2.24, 2.45) is 11.7 Å². The molecular weight excluding hydrogens is 526 g/mol. The van der Waals surface area contributed by atoms with Crippen LogP contribution in [0.3, 0.4) is 0 Å². The summed E-state index contributed by atoms with van der Waals surface area (Å²) in [4.78, 5) is 48.7. The fourth-order valence-corrected chi connectivity index (χ4v) is 5.03. The second kappa shape index (κ2) is 12.2. The number of benzene rings is 2. The van der Waals surface area contributed by atoms with Gasteiger partial charge in [-0.25, -0.2) is 0 Å². The molecule has 0 saturated heterocycles. The quantitative estimate of drug-likeness (QED) is 0.388. The van der Waals surface area contributed by atoms with Gasteiger partial charge in [0.2, 0.25) is 11.8 Å². The normalized spacial score (nSPS) is 15.8. The number of fused-ring (bicyclic) bond motifs is 1. The molecule has 8 nitrogen and oxygen atoms in total. The molecule has 2 aromatic carbocycles. The average Bonchev–Trinajstić information content (AvgIpc) is 2.91. The van der Waals surface area contributed by atoms with Gasteiger partial charge in [-0.3, -0.25) is 19.4 Å². The van der Waals surface area contributed by atoms with Crippen molar-refractivity contribution < 1.29 is 14.4 Å². The summed E-state index contributed by atoms with van der Waals surface area (Å²) in [5.41, 5.74) is 9.18. The zero-order chi connectivity index (χ0) is 29.0. The molecule has 9 heteroatoms. The van der Waals surface area contributed by atoms with Gasteiger partial charge in [0.15, 0.2) is 5.78 Å². The summed E-state index contributed by atoms with van der Waals surface area (Å²) in [6, 6.07) is 17.8. The van der Waals surface area contributed by atoms with E-state index in [9.17, 15) is 14.4 Å². The number of Topliss-reactive ketones (excluding diaryl/α,β-unsaturated/α-hetero) is 1. The minimum Gasteiger partial charge on any atom is -0.376 e. The van der Waals surface area contributed by atoms with Crippen LogP contribution in [0.25, 0.3) is 0 Å². The number of nitrogens with two attached hydrogens (primary N) is 1. The molecule has 2 heterocycles. The van der Waals surface area contributed by atoms with Crippen LogP contribution in [0.2, 0.25) is 5.02 Å². The maximum absolute atomic E-state index is 14.0. The zero-order valence-corrected chi connectivity index (χ0v) is 24.1. The van der Waals surface area contributed by atoms with E-state index in [-0.39, 0.29) is 31.1 Å². The second-order valence-corrected chi connectivity index (χ2v) is 11.5. The molecular formula is C31H36ClN5O3. The van der Waals surface area contributed by atoms with Crippen LogP contribution < -0.4 is 20.9 Å². The van der Waals surface area contributed by atoms with Gasteiger partial charge in [0.05, 0.1) is 35.2 Å². The molecule has 0 saturated carbocycles. The Kier molecular flexibility index (Phi) is 8.91. The van der Waals surface area contributed by atoms with Crippen molar-refractivity contribution in [3.8, 4) is 0 Å². The van der Waals surface area contributed by atoms with E-state index in [2.05, 4.69) is 10.3 Å². The van der Waals surface area contributed by atoms with Crippen molar-refractivity contribution >= 4 is 40.6 Å². The van der Waals surface area contributed by atoms with Crippen LogP contribution in [0.15, 0.2) is 66.9 Å². The monoisotopic (exact) mass is 561 g/mol. The third kappa shape index (κ3) is 6.87. The molecule has 0 bridgehead atoms. The number of rotatable bonds is 10. The summed E-state index contributed by atoms with van der Waals surface area (Å²) in [6.45, 7) is 3.46. The smallest absolute Gasteiger partial charge is 0.240 e. The fraction of sp³-hybridized carbons (Fsp3) is 0.355. The molecule has 40 heavy (non-hydrogen) atoms. The number of ketones is 1. The Balaban J connectivity index is 1.64. The minimum atomic E-state index is -1.17. The highest BCUT2D eigenvalue weighted by Crippen LogP contribution is 2.40. The lowest BCUT2D eigenvalue weighted by atomic mass is 9.85. The van der Waals surface area contributed by atoms with Crippen molar-refractivity contribution in [3.63, 3.8) is 0 Å². The number of anilines is 2. The van der Waals surface area contributed by atoms with Gasteiger partial charge >= 0.3 is 0 Å². The van der Waals surface area contributed by atoms with E-state index in [0.29, 0.717) is 11.4 Å². The summed E-state index contributed by atoms with van der Waals surface area (Å²) in [6.07, 6.45) is 2.36. The number of para-hydroxylation sites is 1. The first kappa shape index (κ1) is 29.2. The number of hydrogen-bond donors (Lipinski definition) is 2. The van der Waals surface area contributed by atoms with Crippen LogP contribution in [0, 0.1) is 5.92 Å². The van der Waals surface area contributed by atoms with Crippen LogP contribution in [-0.2, 0) is 33.8 Å². The van der Waals surface area contributed by atoms with Crippen molar-refractivity contribution in [3.05, 3.63) is 88.7 Å². The average molecular weight is 562 g/mol. The summed E-state index contributed by atoms with van der Waals surface area (Å²) < 4.78 is 0. The molecule has 0 radical (unpaired) electrons. The number of nitrogens with zero attached hydrogens (tertiary/aromatic N) is 3. The molecule has 1 aliphatic heterocycles. The Hall–Kier alpha value is -3.75. The van der Waals surface area contributed by atoms with Gasteiger partial charge in [-0.15, -0.1) is 0 Å². The Labute approximate surface area is 240 Å². The lowest BCUT2D eigenvalue weighted by Gasteiger charge is -2.37. The van der Waals surface area contributed by atoms with E-state index in [4.69, 9.17) is 17.3 Å². The maximum atomic E-state index is 14.0. The van der Waals surface area contributed by atoms with Crippen molar-refractivity contribution in [1.29, 1.82) is 0 Å². The van der Waals surface area contributed by atoms with Crippen LogP contribution in [0.5, 0.6) is 0 Å². The first-order chi connectivity index (χ1) is 18.9. The summed E-state index contributed by atoms with van der Waals surface area (Å²) >= 11 is 6.04. The molecule has 3 N–H and O–H groups in total. The van der Waals surface area contributed by atoms with E-state index in [1.807, 2.05) is 67.5 Å². The highest BCUT2D eigenvalue weighted by molar-refractivity contribution is 6.30. The van der Waals surface area contributed by atoms with Gasteiger partial charge in [-0.05, 0) is 68.1 Å². The van der Waals surface area contributed by atoms with Gasteiger partial charge in [0.1, 0.15) is 0 Å². The topological polar surface area (TPSA) is 109 Å². The number of carbonyl (C=O) groups excluding carboxylic acids is 3. The van der Waals surface area contributed by atoms with Crippen molar-refractivity contribution in [2.45, 2.75) is 51.2 Å². The Morgan fingerprint density at radius 2 is 1.85 bits per heavy atom. The standard InChI is InChI=1S/C31H36ClN5O3/c1-31(2,33)30(40)35-25(16-20-11-13-23(32)14-12-20)27(38)18-22-17-21-8-7-10-26(36(3)4)28(21)37(29(22)39)19-24-9-5-6-15-34-24/h5-15,22,25H,16-19,33H2,1-4H3,(H,35,40)/t22?,25-/m1/s1. The molecule has 0 aliphatic carbocycles. The Morgan fingerprint density at radius 3 is 2.48 bits per heavy atom. The predicted octanol–water partition coefficient (Wildman–Crippen LogP) is 3.93. The highest BCUT2D eigenvalue weighted by Gasteiger charge is 2.38. The van der Waals surface area contributed by atoms with E-state index in [1.54, 1.807) is 37.1 Å². The van der Waals surface area contributed by atoms with Crippen LogP contribution in [-0.4, -0.2) is 48.3 Å². The molecule has 0 spiro atoms. The van der Waals surface area contributed by atoms with Gasteiger partial charge in [-0.1, -0.05) is 41.9 Å². The maximum Gasteiger partial charge on any atom is 0.240 e. The minimum absolute atomic E-state index is 0.0211. The number of carbonyl (C=O) groups is 3. The molecule has 1 aromatic heterocycles. The summed E-state index contributed by atoms with van der Waals surface area (Å²) in [5, 5.41) is 3.41. The van der Waals surface area contributed by atoms with Gasteiger partial charge in [0.25, 0.3) is 0 Å². The zero-order valence-electron chi connectivity index (χ0n) is 23.4. The molecule has 1 unspecified atom stereocenters. The van der Waals surface area contributed by atoms with E-state index in [0.717, 1.165) is 28.2 Å². The SMILES string of the molecule is CN(C)c1cccc2c1N(Cc1ccccn1)C(=O)C(CC(=O)[C@@H](Cc1ccc(Cl)cc1)NC(=O)C(C)(C)N)C2. The molecule has 1 aliphatic rings. The van der Waals surface area contributed by atoms with E-state index < -0.39 is 23.4 Å². The Bertz CT molecular complexity index is 1370. The first-order valence-corrected chi connectivity index (χ1v) is 13.7. The summed E-state index contributed by atoms with van der Waals surface area (Å²) in [7, 11) is 3.88. The number of hydrogen-bond acceptors (Lipinski definition) is 6. The lowest BCUT2D eigenvalue weighted by molar-refractivity contribution is -0.132. The summed E-state index contributed by atoms with van der Waals surface area (Å²) in [5.74, 6) is -1.39. The second-order valence-electron chi connectivity index (χ2n) is 11.1. The van der Waals surface area contributed by atoms with Crippen LogP contribution >= 0.6 is 11.6 Å². The molecule has 2 amide bonds. The van der Waals surface area contributed by atoms with E-state index in [1.165, 1.54) is 0 Å². The molecule has 4 rings (SSSR count). The third-order valence-corrected chi connectivity index (χ3v) is 7.31. The number of pyridine rings is 1. The molecule has 3 aromatic rings. The van der Waals surface area contributed by atoms with Crippen molar-refractivity contribution in [2.75, 3.05) is 23.9 Å². The fourth-order valence-electron chi connectivity index (χ4n) is 4.90. The molecule has 0 fully saturated rings. The number of amides is 2. The van der Waals surface area contributed by atoms with Gasteiger partial charge in [-0.2, -0.15) is 0 Å². The Morgan fingerprint density at radius 1 is 1.12 bits per heavy atom. The third-order valence-electron chi connectivity index (χ3n) is 7.06. The number of aromatic nitrogens is 1. The van der Waals surface area contributed by atoms with Crippen molar-refractivity contribution in [1.82, 2.24) is 10.3 Å². The number of halogens is 1. The van der Waals surface area contributed by atoms with Crippen LogP contribution in [0.1, 0.15) is 37.1 Å². The lowest BCUT2D eigenvalue weighted by Crippen LogP contribution is -2.55. The first-order valence-electron chi connectivity index (χ1n) is 13.3. The van der Waals surface area contributed by atoms with Gasteiger partial charge < -0.3 is 20.9 Å². The largest absolute Gasteiger partial charge is 0.376 e.